The number of esters is 1. The molecule has 0 saturated carbocycles. The van der Waals surface area contributed by atoms with E-state index in [2.05, 4.69) is 11.8 Å². The van der Waals surface area contributed by atoms with E-state index in [4.69, 9.17) is 4.74 Å². The predicted molar refractivity (Wildman–Crippen MR) is 63.1 cm³/mol. The molecule has 0 spiro atoms. The van der Waals surface area contributed by atoms with Crippen molar-refractivity contribution < 1.29 is 14.3 Å². The Morgan fingerprint density at radius 1 is 1.53 bits per heavy atom. The smallest absolute Gasteiger partial charge is 0.302 e. The fourth-order valence-corrected chi connectivity index (χ4v) is 1.57. The lowest BCUT2D eigenvalue weighted by Crippen LogP contribution is -2.27. The van der Waals surface area contributed by atoms with Crippen LogP contribution in [0.3, 0.4) is 0 Å². The molecule has 0 aliphatic carbocycles. The Balaban J connectivity index is 2.37. The topological polar surface area (TPSA) is 49.9 Å². The summed E-state index contributed by atoms with van der Waals surface area (Å²) in [5, 5.41) is 0. The molecule has 1 rings (SSSR count). The molecule has 1 aliphatic rings. The van der Waals surface area contributed by atoms with Crippen LogP contribution >= 0.6 is 0 Å². The molecule has 1 heterocycles. The number of amides is 1. The Labute approximate surface area is 102 Å². The maximum atomic E-state index is 11.6. The molecular formula is C12H18N2O3. The highest BCUT2D eigenvalue weighted by molar-refractivity contribution is 5.80. The molecule has 1 atom stereocenters. The van der Waals surface area contributed by atoms with Crippen LogP contribution < -0.4 is 0 Å². The minimum Gasteiger partial charge on any atom is -0.460 e. The van der Waals surface area contributed by atoms with Crippen LogP contribution in [0.1, 0.15) is 13.3 Å². The Morgan fingerprint density at radius 2 is 2.24 bits per heavy atom. The van der Waals surface area contributed by atoms with Crippen LogP contribution in [0, 0.1) is 11.8 Å². The maximum Gasteiger partial charge on any atom is 0.302 e. The molecule has 0 N–H and O–H groups in total. The van der Waals surface area contributed by atoms with Gasteiger partial charge in [-0.2, -0.15) is 0 Å². The van der Waals surface area contributed by atoms with Gasteiger partial charge in [0.1, 0.15) is 6.10 Å². The number of rotatable bonds is 3. The average molecular weight is 238 g/mol. The second-order valence-corrected chi connectivity index (χ2v) is 4.30. The molecule has 17 heavy (non-hydrogen) atoms. The largest absolute Gasteiger partial charge is 0.460 e. The van der Waals surface area contributed by atoms with E-state index in [-0.39, 0.29) is 24.4 Å². The average Bonchev–Trinajstić information content (AvgIpc) is 2.52. The van der Waals surface area contributed by atoms with E-state index in [1.807, 2.05) is 19.0 Å². The zero-order valence-electron chi connectivity index (χ0n) is 10.5. The molecule has 1 fully saturated rings. The summed E-state index contributed by atoms with van der Waals surface area (Å²) in [4.78, 5) is 25.9. The van der Waals surface area contributed by atoms with Gasteiger partial charge in [0, 0.05) is 6.92 Å². The predicted octanol–water partition coefficient (Wildman–Crippen LogP) is -0.285. The normalized spacial score (nSPS) is 19.2. The standard InChI is InChI=1S/C12H18N2O3/c1-10(15)17-11-8-12(16)14(9-11)7-5-4-6-13(2)3/h11H,6-9H2,1-3H3/t11-/m0/s1. The number of likely N-dealkylation sites (tertiary alicyclic amines) is 1. The Kier molecular flexibility index (Phi) is 4.98. The first kappa shape index (κ1) is 13.5. The third-order valence-electron chi connectivity index (χ3n) is 2.30. The molecular weight excluding hydrogens is 220 g/mol. The van der Waals surface area contributed by atoms with Gasteiger partial charge in [0.2, 0.25) is 5.91 Å². The van der Waals surface area contributed by atoms with E-state index >= 15 is 0 Å². The third-order valence-corrected chi connectivity index (χ3v) is 2.30. The van der Waals surface area contributed by atoms with Crippen molar-refractivity contribution in [1.82, 2.24) is 9.80 Å². The lowest BCUT2D eigenvalue weighted by atomic mass is 10.3. The number of carbonyl (C=O) groups is 2. The van der Waals surface area contributed by atoms with Crippen LogP contribution in [0.4, 0.5) is 0 Å². The van der Waals surface area contributed by atoms with E-state index < -0.39 is 0 Å². The van der Waals surface area contributed by atoms with Crippen LogP contribution in [0.25, 0.3) is 0 Å². The number of hydrogen-bond donors (Lipinski definition) is 0. The Hall–Kier alpha value is -1.54. The molecule has 1 saturated heterocycles. The fraction of sp³-hybridized carbons (Fsp3) is 0.667. The number of carbonyl (C=O) groups excluding carboxylic acids is 2. The third kappa shape index (κ3) is 4.87. The van der Waals surface area contributed by atoms with Crippen LogP contribution in [0.15, 0.2) is 0 Å². The molecule has 0 bridgehead atoms. The van der Waals surface area contributed by atoms with E-state index in [1.54, 1.807) is 4.90 Å². The second kappa shape index (κ2) is 6.26. The first-order valence-electron chi connectivity index (χ1n) is 5.54. The molecule has 0 aromatic heterocycles. The van der Waals surface area contributed by atoms with Gasteiger partial charge in [-0.3, -0.25) is 14.5 Å². The van der Waals surface area contributed by atoms with Gasteiger partial charge in [-0.25, -0.2) is 0 Å². The van der Waals surface area contributed by atoms with E-state index in [1.165, 1.54) is 6.92 Å². The van der Waals surface area contributed by atoms with Crippen molar-refractivity contribution in [3.05, 3.63) is 0 Å². The Morgan fingerprint density at radius 3 is 2.82 bits per heavy atom. The fourth-order valence-electron chi connectivity index (χ4n) is 1.57. The second-order valence-electron chi connectivity index (χ2n) is 4.30. The number of nitrogens with zero attached hydrogens (tertiary/aromatic N) is 2. The van der Waals surface area contributed by atoms with E-state index in [0.717, 1.165) is 0 Å². The monoisotopic (exact) mass is 238 g/mol. The van der Waals surface area contributed by atoms with Crippen molar-refractivity contribution in [2.45, 2.75) is 19.4 Å². The van der Waals surface area contributed by atoms with Gasteiger partial charge in [0.15, 0.2) is 0 Å². The summed E-state index contributed by atoms with van der Waals surface area (Å²) in [6.45, 7) is 2.89. The SMILES string of the molecule is CC(=O)O[C@H]1CC(=O)N(CC#CCN(C)C)C1. The maximum absolute atomic E-state index is 11.6. The summed E-state index contributed by atoms with van der Waals surface area (Å²) in [7, 11) is 3.87. The summed E-state index contributed by atoms with van der Waals surface area (Å²) in [5.41, 5.74) is 0. The minimum atomic E-state index is -0.344. The molecule has 0 aromatic carbocycles. The molecule has 94 valence electrons. The summed E-state index contributed by atoms with van der Waals surface area (Å²) in [6, 6.07) is 0. The highest BCUT2D eigenvalue weighted by atomic mass is 16.5. The summed E-state index contributed by atoms with van der Waals surface area (Å²) < 4.78 is 5.00. The lowest BCUT2D eigenvalue weighted by molar-refractivity contribution is -0.145. The Bertz CT molecular complexity index is 354. The minimum absolute atomic E-state index is 0.00426. The van der Waals surface area contributed by atoms with Crippen LogP contribution in [0.2, 0.25) is 0 Å². The molecule has 0 aromatic rings. The first-order valence-corrected chi connectivity index (χ1v) is 5.54. The van der Waals surface area contributed by atoms with Crippen molar-refractivity contribution in [2.75, 3.05) is 33.7 Å². The molecule has 1 aliphatic heterocycles. The van der Waals surface area contributed by atoms with Gasteiger partial charge in [0.05, 0.1) is 26.1 Å². The number of ether oxygens (including phenoxy) is 1. The molecule has 5 heteroatoms. The van der Waals surface area contributed by atoms with Crippen molar-refractivity contribution in [3.8, 4) is 11.8 Å². The number of hydrogen-bond acceptors (Lipinski definition) is 4. The van der Waals surface area contributed by atoms with Gasteiger partial charge in [0.25, 0.3) is 0 Å². The summed E-state index contributed by atoms with van der Waals surface area (Å²) in [6.07, 6.45) is -0.0368. The van der Waals surface area contributed by atoms with Crippen LogP contribution in [-0.2, 0) is 14.3 Å². The van der Waals surface area contributed by atoms with Gasteiger partial charge >= 0.3 is 5.97 Å². The highest BCUT2D eigenvalue weighted by Crippen LogP contribution is 2.13. The van der Waals surface area contributed by atoms with E-state index in [9.17, 15) is 9.59 Å². The van der Waals surface area contributed by atoms with Crippen molar-refractivity contribution in [1.29, 1.82) is 0 Å². The van der Waals surface area contributed by atoms with Gasteiger partial charge in [-0.05, 0) is 14.1 Å². The van der Waals surface area contributed by atoms with Gasteiger partial charge in [-0.1, -0.05) is 11.8 Å². The van der Waals surface area contributed by atoms with Gasteiger partial charge in [-0.15, -0.1) is 0 Å². The van der Waals surface area contributed by atoms with Crippen molar-refractivity contribution >= 4 is 11.9 Å². The van der Waals surface area contributed by atoms with Crippen molar-refractivity contribution in [3.63, 3.8) is 0 Å². The van der Waals surface area contributed by atoms with E-state index in [0.29, 0.717) is 19.6 Å². The highest BCUT2D eigenvalue weighted by Gasteiger charge is 2.30. The molecule has 1 amide bonds. The quantitative estimate of drug-likeness (QED) is 0.501. The molecule has 0 radical (unpaired) electrons. The van der Waals surface area contributed by atoms with Crippen LogP contribution in [-0.4, -0.2) is 61.5 Å². The summed E-state index contributed by atoms with van der Waals surface area (Å²) in [5.74, 6) is 5.55. The lowest BCUT2D eigenvalue weighted by Gasteiger charge is -2.12. The molecule has 0 unspecified atom stereocenters. The zero-order valence-corrected chi connectivity index (χ0v) is 10.5. The first-order chi connectivity index (χ1) is 7.99. The van der Waals surface area contributed by atoms with Crippen LogP contribution in [0.5, 0.6) is 0 Å². The van der Waals surface area contributed by atoms with Crippen molar-refractivity contribution in [2.24, 2.45) is 0 Å². The summed E-state index contributed by atoms with van der Waals surface area (Å²) >= 11 is 0. The zero-order chi connectivity index (χ0) is 12.8. The van der Waals surface area contributed by atoms with Gasteiger partial charge < -0.3 is 9.64 Å². The molecule has 5 nitrogen and oxygen atoms in total.